The van der Waals surface area contributed by atoms with Crippen molar-refractivity contribution in [3.05, 3.63) is 83.4 Å². The minimum atomic E-state index is -5.58. The Kier molecular flexibility index (Phi) is 10.2. The van der Waals surface area contributed by atoms with Crippen molar-refractivity contribution in [3.63, 3.8) is 0 Å². The lowest BCUT2D eigenvalue weighted by Gasteiger charge is -2.19. The van der Waals surface area contributed by atoms with Gasteiger partial charge >= 0.3 is 12.1 Å². The van der Waals surface area contributed by atoms with Crippen LogP contribution in [-0.2, 0) is 17.2 Å². The lowest BCUT2D eigenvalue weighted by atomic mass is 9.92. The number of alkyl halides is 5. The zero-order valence-electron chi connectivity index (χ0n) is 22.6. The molecule has 9 heteroatoms. The summed E-state index contributed by atoms with van der Waals surface area (Å²) in [5.41, 5.74) is 6.19. The molecule has 1 N–H and O–H groups in total. The number of benzene rings is 3. The second kappa shape index (κ2) is 13.6. The summed E-state index contributed by atoms with van der Waals surface area (Å²) in [4.78, 5) is 0. The van der Waals surface area contributed by atoms with Gasteiger partial charge in [0.1, 0.15) is 11.5 Å². The van der Waals surface area contributed by atoms with Crippen LogP contribution < -0.4 is 4.74 Å². The smallest absolute Gasteiger partial charge is 0.453 e. The third-order valence-electron chi connectivity index (χ3n) is 7.08. The summed E-state index contributed by atoms with van der Waals surface area (Å²) in [6.07, 6.45) is -1.48. The van der Waals surface area contributed by atoms with Crippen LogP contribution in [0.5, 0.6) is 11.5 Å². The Balaban J connectivity index is 1.40. The molecule has 0 aromatic heterocycles. The molecular weight excluding hydrogens is 559 g/mol. The van der Waals surface area contributed by atoms with Crippen LogP contribution in [0, 0.1) is 0 Å². The summed E-state index contributed by atoms with van der Waals surface area (Å²) in [7, 11) is -1.48. The lowest BCUT2D eigenvalue weighted by Crippen LogP contribution is -2.36. The Morgan fingerprint density at radius 1 is 0.829 bits per heavy atom. The topological polar surface area (TPSA) is 46.5 Å². The molecule has 0 bridgehead atoms. The van der Waals surface area contributed by atoms with E-state index in [0.29, 0.717) is 25.2 Å². The predicted molar refractivity (Wildman–Crippen MR) is 154 cm³/mol. The predicted octanol–water partition coefficient (Wildman–Crippen LogP) is 8.82. The summed E-state index contributed by atoms with van der Waals surface area (Å²) in [5.74, 6) is -3.94. The molecule has 1 atom stereocenters. The molecule has 41 heavy (non-hydrogen) atoms. The average Bonchev–Trinajstić information content (AvgIpc) is 3.15. The number of aromatic hydroxyl groups is 1. The van der Waals surface area contributed by atoms with Crippen molar-refractivity contribution in [2.75, 3.05) is 18.1 Å². The number of ether oxygens (including phenoxy) is 1. The molecule has 220 valence electrons. The van der Waals surface area contributed by atoms with Crippen molar-refractivity contribution in [2.45, 2.75) is 57.0 Å². The first kappa shape index (κ1) is 30.8. The van der Waals surface area contributed by atoms with Gasteiger partial charge in [-0.25, -0.2) is 0 Å². The van der Waals surface area contributed by atoms with Gasteiger partial charge in [-0.1, -0.05) is 54.6 Å². The second-order valence-corrected chi connectivity index (χ2v) is 11.9. The Morgan fingerprint density at radius 3 is 2.29 bits per heavy atom. The van der Waals surface area contributed by atoms with Crippen LogP contribution in [0.3, 0.4) is 0 Å². The molecule has 1 aliphatic carbocycles. The van der Waals surface area contributed by atoms with Crippen LogP contribution in [0.15, 0.2) is 66.7 Å². The van der Waals surface area contributed by atoms with E-state index in [0.717, 1.165) is 47.1 Å². The number of allylic oxidation sites excluding steroid dienone is 1. The van der Waals surface area contributed by atoms with E-state index in [1.807, 2.05) is 48.5 Å². The Bertz CT molecular complexity index is 1370. The molecule has 1 unspecified atom stereocenters. The van der Waals surface area contributed by atoms with Crippen molar-refractivity contribution in [3.8, 4) is 22.6 Å². The summed E-state index contributed by atoms with van der Waals surface area (Å²) in [6, 6.07) is 21.3. The van der Waals surface area contributed by atoms with Gasteiger partial charge in [0.25, 0.3) is 0 Å². The first-order valence-corrected chi connectivity index (χ1v) is 15.2. The van der Waals surface area contributed by atoms with Crippen molar-refractivity contribution in [1.29, 1.82) is 0 Å². The number of unbranched alkanes of at least 4 members (excludes halogenated alkanes) is 1. The normalized spacial score (nSPS) is 14.6. The fourth-order valence-electron chi connectivity index (χ4n) is 4.95. The molecule has 0 amide bonds. The summed E-state index contributed by atoms with van der Waals surface area (Å²) in [5, 5.41) is 10.6. The van der Waals surface area contributed by atoms with Gasteiger partial charge in [0.05, 0.1) is 6.61 Å². The number of aryl methyl sites for hydroxylation is 1. The van der Waals surface area contributed by atoms with Gasteiger partial charge in [-0.15, -0.1) is 0 Å². The standard InChI is InChI=1S/C32H33F5O3S/c33-31(34,32(35,36)37)16-9-19-41(39)18-7-6-17-40-30-15-5-4-14-27(30)29-22-26(38)20-25-13-8-12-24(21-28(25)29)23-10-2-1-3-11-23/h1-5,10-11,14-15,20-22,38H,6-9,12-13,16-19H2. The molecule has 0 aliphatic heterocycles. The number of para-hydroxylation sites is 1. The zero-order valence-corrected chi connectivity index (χ0v) is 23.4. The van der Waals surface area contributed by atoms with Gasteiger partial charge < -0.3 is 9.84 Å². The van der Waals surface area contributed by atoms with Gasteiger partial charge in [0, 0.05) is 34.3 Å². The van der Waals surface area contributed by atoms with Gasteiger partial charge in [-0.2, -0.15) is 22.0 Å². The van der Waals surface area contributed by atoms with E-state index in [2.05, 4.69) is 18.2 Å². The van der Waals surface area contributed by atoms with Gasteiger partial charge in [-0.3, -0.25) is 4.21 Å². The highest BCUT2D eigenvalue weighted by Crippen LogP contribution is 2.41. The monoisotopic (exact) mass is 592 g/mol. The molecule has 0 saturated carbocycles. The Morgan fingerprint density at radius 2 is 1.54 bits per heavy atom. The van der Waals surface area contributed by atoms with E-state index in [1.165, 1.54) is 5.57 Å². The highest BCUT2D eigenvalue weighted by atomic mass is 32.2. The maximum atomic E-state index is 13.0. The first-order valence-electron chi connectivity index (χ1n) is 13.7. The van der Waals surface area contributed by atoms with Crippen LogP contribution in [0.2, 0.25) is 0 Å². The maximum Gasteiger partial charge on any atom is 0.453 e. The van der Waals surface area contributed by atoms with E-state index in [4.69, 9.17) is 4.74 Å². The van der Waals surface area contributed by atoms with Crippen molar-refractivity contribution >= 4 is 22.4 Å². The molecular formula is C32H33F5O3S. The average molecular weight is 593 g/mol. The zero-order chi connectivity index (χ0) is 29.5. The SMILES string of the molecule is O=S(CCCCOc1ccccc1-c1cc(O)cc2c1C=C(c1ccccc1)CCC2)CCCC(F)(F)C(F)(F)F. The van der Waals surface area contributed by atoms with Gasteiger partial charge in [0.15, 0.2) is 0 Å². The summed E-state index contributed by atoms with van der Waals surface area (Å²) in [6.45, 7) is 0.312. The number of hydrogen-bond donors (Lipinski definition) is 1. The van der Waals surface area contributed by atoms with E-state index in [1.54, 1.807) is 6.07 Å². The number of phenols is 1. The molecule has 0 spiro atoms. The molecule has 0 radical (unpaired) electrons. The quantitative estimate of drug-likeness (QED) is 0.169. The number of hydrogen-bond acceptors (Lipinski definition) is 3. The van der Waals surface area contributed by atoms with E-state index < -0.39 is 35.7 Å². The Labute approximate surface area is 239 Å². The third kappa shape index (κ3) is 8.18. The fourth-order valence-corrected chi connectivity index (χ4v) is 6.15. The van der Waals surface area contributed by atoms with Gasteiger partial charge in [-0.05, 0) is 84.6 Å². The van der Waals surface area contributed by atoms with E-state index >= 15 is 0 Å². The number of fused-ring (bicyclic) bond motifs is 1. The molecule has 1 aliphatic rings. The molecule has 4 rings (SSSR count). The summed E-state index contributed by atoms with van der Waals surface area (Å²) >= 11 is 0. The maximum absolute atomic E-state index is 13.0. The lowest BCUT2D eigenvalue weighted by molar-refractivity contribution is -0.284. The first-order chi connectivity index (χ1) is 19.5. The van der Waals surface area contributed by atoms with E-state index in [9.17, 15) is 31.3 Å². The molecule has 3 aromatic carbocycles. The van der Waals surface area contributed by atoms with Crippen LogP contribution >= 0.6 is 0 Å². The minimum absolute atomic E-state index is 0.181. The van der Waals surface area contributed by atoms with Crippen LogP contribution in [-0.4, -0.2) is 39.5 Å². The molecule has 3 aromatic rings. The number of halogens is 5. The molecule has 3 nitrogen and oxygen atoms in total. The van der Waals surface area contributed by atoms with Crippen LogP contribution in [0.1, 0.15) is 55.2 Å². The van der Waals surface area contributed by atoms with Crippen molar-refractivity contribution in [1.82, 2.24) is 0 Å². The molecule has 0 heterocycles. The van der Waals surface area contributed by atoms with Crippen LogP contribution in [0.4, 0.5) is 22.0 Å². The highest BCUT2D eigenvalue weighted by Gasteiger charge is 2.56. The van der Waals surface area contributed by atoms with Crippen molar-refractivity contribution in [2.24, 2.45) is 0 Å². The Hall–Kier alpha value is -3.20. The highest BCUT2D eigenvalue weighted by molar-refractivity contribution is 7.84. The fraction of sp³-hybridized carbons (Fsp3) is 0.375. The number of phenolic OH excluding ortho intramolecular Hbond substituents is 1. The largest absolute Gasteiger partial charge is 0.508 e. The van der Waals surface area contributed by atoms with E-state index in [-0.39, 0.29) is 17.3 Å². The third-order valence-corrected chi connectivity index (χ3v) is 8.57. The van der Waals surface area contributed by atoms with Gasteiger partial charge in [0.2, 0.25) is 0 Å². The summed E-state index contributed by atoms with van der Waals surface area (Å²) < 4.78 is 81.1. The van der Waals surface area contributed by atoms with Crippen molar-refractivity contribution < 1.29 is 36.0 Å². The number of rotatable bonds is 12. The minimum Gasteiger partial charge on any atom is -0.508 e. The molecule has 0 fully saturated rings. The molecule has 0 saturated heterocycles. The second-order valence-electron chi connectivity index (χ2n) is 10.2. The van der Waals surface area contributed by atoms with Crippen LogP contribution in [0.25, 0.3) is 22.8 Å².